The Balaban J connectivity index is 0. The number of hydrogen-bond donors (Lipinski definition) is 1. The average Bonchev–Trinajstić information content (AvgIpc) is 1.90. The van der Waals surface area contributed by atoms with Crippen LogP contribution in [0, 0.1) is 0 Å². The molecule has 0 aromatic carbocycles. The fourth-order valence-electron chi connectivity index (χ4n) is 0.586. The van der Waals surface area contributed by atoms with Crippen molar-refractivity contribution in [2.75, 3.05) is 0 Å². The summed E-state index contributed by atoms with van der Waals surface area (Å²) < 4.78 is 0. The number of rotatable bonds is 1. The van der Waals surface area contributed by atoms with Gasteiger partial charge >= 0.3 is 0 Å². The molecule has 0 atom stereocenters. The molecule has 0 unspecified atom stereocenters. The highest BCUT2D eigenvalue weighted by atomic mass is 79.9. The second-order valence-electron chi connectivity index (χ2n) is 1.64. The van der Waals surface area contributed by atoms with E-state index in [0.29, 0.717) is 0 Å². The quantitative estimate of drug-likeness (QED) is 0.527. The highest BCUT2D eigenvalue weighted by molar-refractivity contribution is 4.94. The van der Waals surface area contributed by atoms with Gasteiger partial charge in [0.05, 0.1) is 0 Å². The lowest BCUT2D eigenvalue weighted by molar-refractivity contribution is -0.457. The van der Waals surface area contributed by atoms with Crippen molar-refractivity contribution in [3.05, 3.63) is 30.1 Å². The van der Waals surface area contributed by atoms with Crippen LogP contribution in [0.1, 0.15) is 5.69 Å². The molecule has 0 fully saturated rings. The molecule has 0 bridgehead atoms. The highest BCUT2D eigenvalue weighted by Gasteiger charge is 1.92. The Bertz CT molecular complexity index is 155. The van der Waals surface area contributed by atoms with Crippen LogP contribution in [0.25, 0.3) is 0 Å². The van der Waals surface area contributed by atoms with Crippen molar-refractivity contribution in [3.8, 4) is 0 Å². The minimum Gasteiger partial charge on any atom is -1.00 e. The number of nitrogens with one attached hydrogen (secondary N) is 1. The third kappa shape index (κ3) is 3.98. The van der Waals surface area contributed by atoms with E-state index >= 15 is 0 Å². The van der Waals surface area contributed by atoms with Crippen LogP contribution in [0.2, 0.25) is 0 Å². The monoisotopic (exact) mass is 268 g/mol. The smallest absolute Gasteiger partial charge is 0.234 e. The summed E-state index contributed by atoms with van der Waals surface area (Å²) in [5.41, 5.74) is 4.90. The van der Waals surface area contributed by atoms with Gasteiger partial charge in [-0.25, -0.2) is 4.98 Å². The van der Waals surface area contributed by atoms with Crippen molar-refractivity contribution in [2.24, 2.45) is 0 Å². The second-order valence-corrected chi connectivity index (χ2v) is 1.64. The van der Waals surface area contributed by atoms with E-state index < -0.39 is 0 Å². The van der Waals surface area contributed by atoms with Crippen molar-refractivity contribution < 1.29 is 44.7 Å². The molecule has 0 saturated carbocycles. The van der Waals surface area contributed by atoms with Gasteiger partial charge in [0.25, 0.3) is 0 Å². The summed E-state index contributed by atoms with van der Waals surface area (Å²) >= 11 is 0. The number of halogens is 2. The Morgan fingerprint density at radius 1 is 1.30 bits per heavy atom. The zero-order chi connectivity index (χ0) is 5.82. The van der Waals surface area contributed by atoms with Gasteiger partial charge in [0.2, 0.25) is 5.69 Å². The maximum atomic E-state index is 3.72. The van der Waals surface area contributed by atoms with Gasteiger partial charge in [0, 0.05) is 12.1 Å². The van der Waals surface area contributed by atoms with Crippen molar-refractivity contribution >= 4 is 0 Å². The molecule has 0 aliphatic heterocycles. The molecule has 4 heteroatoms. The van der Waals surface area contributed by atoms with Gasteiger partial charge in [0.15, 0.2) is 12.7 Å². The molecule has 1 heterocycles. The van der Waals surface area contributed by atoms with Gasteiger partial charge < -0.3 is 39.7 Å². The van der Waals surface area contributed by atoms with Gasteiger partial charge in [-0.1, -0.05) is 0 Å². The maximum absolute atomic E-state index is 3.72. The van der Waals surface area contributed by atoms with E-state index in [-0.39, 0.29) is 34.0 Å². The first kappa shape index (κ1) is 12.7. The summed E-state index contributed by atoms with van der Waals surface area (Å²) in [4.78, 5) is 3.06. The topological polar surface area (TPSA) is 41.8 Å². The normalized spacial score (nSPS) is 7.30. The van der Waals surface area contributed by atoms with Crippen molar-refractivity contribution in [1.82, 2.24) is 0 Å². The van der Waals surface area contributed by atoms with E-state index in [9.17, 15) is 0 Å². The Hall–Kier alpha value is 0.0700. The van der Waals surface area contributed by atoms with E-state index in [4.69, 9.17) is 0 Å². The van der Waals surface area contributed by atoms with Crippen LogP contribution in [0.3, 0.4) is 0 Å². The van der Waals surface area contributed by atoms with Crippen LogP contribution in [0.15, 0.2) is 24.4 Å². The number of quaternary nitrogens is 1. The predicted molar refractivity (Wildman–Crippen MR) is 29.6 cm³/mol. The minimum absolute atomic E-state index is 0. The van der Waals surface area contributed by atoms with Gasteiger partial charge in [-0.3, -0.25) is 0 Å². The Labute approximate surface area is 81.4 Å². The van der Waals surface area contributed by atoms with Crippen LogP contribution >= 0.6 is 0 Å². The molecule has 1 rings (SSSR count). The summed E-state index contributed by atoms with van der Waals surface area (Å²) in [6.45, 7) is 0.834. The standard InChI is InChI=1S/C6H8N2.2BrH/c7-5-6-3-1-2-4-8-6;;/h1-4H,5,7H2;2*1H. The lowest BCUT2D eigenvalue weighted by Crippen LogP contribution is -3.00. The summed E-state index contributed by atoms with van der Waals surface area (Å²) in [7, 11) is 0. The van der Waals surface area contributed by atoms with Gasteiger partial charge in [0.1, 0.15) is 0 Å². The molecular formula is C6H10Br2N2. The fraction of sp³-hybridized carbons (Fsp3) is 0.167. The molecule has 1 aromatic rings. The maximum Gasteiger partial charge on any atom is 0.234 e. The van der Waals surface area contributed by atoms with E-state index in [1.54, 1.807) is 0 Å². The van der Waals surface area contributed by atoms with Crippen molar-refractivity contribution in [2.45, 2.75) is 6.54 Å². The number of aromatic nitrogens is 1. The lowest BCUT2D eigenvalue weighted by atomic mass is 10.4. The minimum atomic E-state index is 0. The molecular weight excluding hydrogens is 260 g/mol. The van der Waals surface area contributed by atoms with E-state index in [1.165, 1.54) is 5.69 Å². The van der Waals surface area contributed by atoms with Gasteiger partial charge in [-0.2, -0.15) is 0 Å². The highest BCUT2D eigenvalue weighted by Crippen LogP contribution is 1.81. The first-order valence-corrected chi connectivity index (χ1v) is 2.68. The summed E-state index contributed by atoms with van der Waals surface area (Å²) in [6.07, 6.45) is 1.90. The summed E-state index contributed by atoms with van der Waals surface area (Å²) in [5, 5.41) is 0. The summed E-state index contributed by atoms with van der Waals surface area (Å²) in [5.74, 6) is 0. The van der Waals surface area contributed by atoms with E-state index in [0.717, 1.165) is 6.54 Å². The zero-order valence-electron chi connectivity index (χ0n) is 5.48. The Kier molecular flexibility index (Phi) is 9.13. The van der Waals surface area contributed by atoms with Crippen LogP contribution in [0.5, 0.6) is 0 Å². The Morgan fingerprint density at radius 2 is 2.00 bits per heavy atom. The molecule has 10 heavy (non-hydrogen) atoms. The van der Waals surface area contributed by atoms with Crippen molar-refractivity contribution in [3.63, 3.8) is 0 Å². The van der Waals surface area contributed by atoms with Crippen LogP contribution in [0.4, 0.5) is 0 Å². The molecule has 4 N–H and O–H groups in total. The van der Waals surface area contributed by atoms with E-state index in [2.05, 4.69) is 10.7 Å². The third-order valence-corrected chi connectivity index (χ3v) is 1.04. The van der Waals surface area contributed by atoms with Crippen LogP contribution in [-0.2, 0) is 6.54 Å². The fourth-order valence-corrected chi connectivity index (χ4v) is 0.586. The second kappa shape index (κ2) is 7.18. The molecule has 0 radical (unpaired) electrons. The number of hydrogen-bond acceptors (Lipinski definition) is 0. The van der Waals surface area contributed by atoms with Crippen molar-refractivity contribution in [1.29, 1.82) is 0 Å². The van der Waals surface area contributed by atoms with Gasteiger partial charge in [-0.05, 0) is 6.07 Å². The zero-order valence-corrected chi connectivity index (χ0v) is 8.65. The van der Waals surface area contributed by atoms with Gasteiger partial charge in [-0.15, -0.1) is 0 Å². The molecule has 0 spiro atoms. The molecule has 1 aromatic heterocycles. The molecule has 0 amide bonds. The first-order valence-electron chi connectivity index (χ1n) is 2.68. The number of aromatic amines is 1. The Morgan fingerprint density at radius 3 is 2.30 bits per heavy atom. The third-order valence-electron chi connectivity index (χ3n) is 1.04. The lowest BCUT2D eigenvalue weighted by Gasteiger charge is -1.79. The SMILES string of the molecule is [Br-].[Br-].[NH3+]Cc1cccc[nH+]1. The van der Waals surface area contributed by atoms with E-state index in [1.807, 2.05) is 24.4 Å². The predicted octanol–water partition coefficient (Wildman–Crippen LogP) is -6.75. The number of H-pyrrole nitrogens is 1. The van der Waals surface area contributed by atoms with Crippen LogP contribution < -0.4 is 44.7 Å². The average molecular weight is 270 g/mol. The summed E-state index contributed by atoms with van der Waals surface area (Å²) in [6, 6.07) is 5.98. The molecule has 0 saturated heterocycles. The number of pyridine rings is 1. The molecule has 0 aliphatic rings. The molecule has 0 aliphatic carbocycles. The molecule has 2 nitrogen and oxygen atoms in total. The first-order chi connectivity index (χ1) is 3.93. The largest absolute Gasteiger partial charge is 1.00 e. The van der Waals surface area contributed by atoms with Crippen LogP contribution in [-0.4, -0.2) is 0 Å². The molecule has 58 valence electrons.